The highest BCUT2D eigenvalue weighted by Gasteiger charge is 2.20. The largest absolute Gasteiger partial charge is 0.384 e. The molecule has 3 nitrogen and oxygen atoms in total. The van der Waals surface area contributed by atoms with Crippen molar-refractivity contribution in [3.63, 3.8) is 0 Å². The first-order valence-corrected chi connectivity index (χ1v) is 7.48. The third kappa shape index (κ3) is 2.70. The number of imidazole rings is 1. The van der Waals surface area contributed by atoms with E-state index >= 15 is 0 Å². The van der Waals surface area contributed by atoms with Crippen molar-refractivity contribution in [2.24, 2.45) is 5.92 Å². The molecule has 1 aromatic heterocycles. The lowest BCUT2D eigenvalue weighted by Gasteiger charge is -2.20. The number of hydrogen-bond donors (Lipinski definition) is 1. The number of aromatic nitrogens is 2. The van der Waals surface area contributed by atoms with Crippen molar-refractivity contribution >= 4 is 5.82 Å². The second-order valence-electron chi connectivity index (χ2n) is 5.91. The Kier molecular flexibility index (Phi) is 4.31. The Labute approximate surface area is 111 Å². The average molecular weight is 249 g/mol. The molecule has 1 aliphatic carbocycles. The predicted molar refractivity (Wildman–Crippen MR) is 76.7 cm³/mol. The van der Waals surface area contributed by atoms with Crippen LogP contribution in [0.2, 0.25) is 0 Å². The van der Waals surface area contributed by atoms with Crippen LogP contribution in [0.3, 0.4) is 0 Å². The minimum absolute atomic E-state index is 0.451. The molecule has 0 spiro atoms. The predicted octanol–water partition coefficient (Wildman–Crippen LogP) is 3.73. The second-order valence-corrected chi connectivity index (χ2v) is 5.91. The third-order valence-electron chi connectivity index (χ3n) is 4.15. The molecule has 0 saturated heterocycles. The Bertz CT molecular complexity index is 387. The number of nitrogen functional groups attached to an aromatic ring is 1. The van der Waals surface area contributed by atoms with E-state index in [1.807, 2.05) is 0 Å². The summed E-state index contributed by atoms with van der Waals surface area (Å²) in [4.78, 5) is 4.81. The summed E-state index contributed by atoms with van der Waals surface area (Å²) in [5.74, 6) is 3.32. The van der Waals surface area contributed by atoms with E-state index in [9.17, 15) is 0 Å². The van der Waals surface area contributed by atoms with Gasteiger partial charge >= 0.3 is 0 Å². The summed E-state index contributed by atoms with van der Waals surface area (Å²) in [6.07, 6.45) is 7.97. The van der Waals surface area contributed by atoms with Crippen molar-refractivity contribution < 1.29 is 0 Å². The van der Waals surface area contributed by atoms with Crippen LogP contribution in [-0.4, -0.2) is 9.55 Å². The molecule has 0 aliphatic heterocycles. The van der Waals surface area contributed by atoms with Crippen molar-refractivity contribution in [3.05, 3.63) is 11.5 Å². The van der Waals surface area contributed by atoms with Crippen LogP contribution in [0, 0.1) is 5.92 Å². The highest BCUT2D eigenvalue weighted by atomic mass is 15.1. The van der Waals surface area contributed by atoms with Gasteiger partial charge in [-0.1, -0.05) is 46.0 Å². The Morgan fingerprint density at radius 2 is 1.94 bits per heavy atom. The van der Waals surface area contributed by atoms with Gasteiger partial charge in [-0.15, -0.1) is 0 Å². The van der Waals surface area contributed by atoms with Crippen LogP contribution in [0.1, 0.15) is 70.3 Å². The molecule has 3 heteroatoms. The van der Waals surface area contributed by atoms with Gasteiger partial charge in [-0.25, -0.2) is 4.98 Å². The first kappa shape index (κ1) is 13.4. The molecule has 102 valence electrons. The maximum atomic E-state index is 6.27. The Morgan fingerprint density at radius 1 is 1.28 bits per heavy atom. The summed E-state index contributed by atoms with van der Waals surface area (Å²) >= 11 is 0. The third-order valence-corrected chi connectivity index (χ3v) is 4.15. The van der Waals surface area contributed by atoms with Crippen LogP contribution < -0.4 is 5.73 Å². The molecule has 1 aromatic rings. The van der Waals surface area contributed by atoms with Crippen molar-refractivity contribution in [2.75, 3.05) is 5.73 Å². The fraction of sp³-hybridized carbons (Fsp3) is 0.800. The molecule has 0 radical (unpaired) electrons. The van der Waals surface area contributed by atoms with Gasteiger partial charge in [-0.05, 0) is 19.3 Å². The molecule has 2 N–H and O–H groups in total. The van der Waals surface area contributed by atoms with Crippen LogP contribution in [-0.2, 0) is 13.0 Å². The zero-order valence-corrected chi connectivity index (χ0v) is 12.1. The Hall–Kier alpha value is -0.990. The normalized spacial score (nSPS) is 17.6. The van der Waals surface area contributed by atoms with E-state index in [-0.39, 0.29) is 0 Å². The molecular formula is C15H27N3. The number of rotatable bonds is 4. The quantitative estimate of drug-likeness (QED) is 0.883. The molecule has 1 heterocycles. The molecule has 18 heavy (non-hydrogen) atoms. The van der Waals surface area contributed by atoms with Crippen molar-refractivity contribution in [1.29, 1.82) is 0 Å². The summed E-state index contributed by atoms with van der Waals surface area (Å²) in [5.41, 5.74) is 7.42. The molecular weight excluding hydrogens is 222 g/mol. The fourth-order valence-corrected chi connectivity index (χ4v) is 3.12. The number of anilines is 1. The number of nitrogens with zero attached hydrogens (tertiary/aromatic N) is 2. The Morgan fingerprint density at radius 3 is 2.44 bits per heavy atom. The molecule has 0 bridgehead atoms. The molecule has 0 aromatic carbocycles. The highest BCUT2D eigenvalue weighted by Crippen LogP contribution is 2.29. The van der Waals surface area contributed by atoms with Crippen LogP contribution in [0.5, 0.6) is 0 Å². The van der Waals surface area contributed by atoms with E-state index in [2.05, 4.69) is 25.3 Å². The molecule has 0 atom stereocenters. The van der Waals surface area contributed by atoms with Gasteiger partial charge in [-0.2, -0.15) is 0 Å². The van der Waals surface area contributed by atoms with E-state index in [1.165, 1.54) is 32.1 Å². The fourth-order valence-electron chi connectivity index (χ4n) is 3.12. The van der Waals surface area contributed by atoms with Gasteiger partial charge in [0.15, 0.2) is 0 Å². The standard InChI is InChI=1S/C15H27N3/c1-4-18-14(16)13(17-15(18)11(2)3)10-12-8-6-5-7-9-12/h11-12H,4-10,16H2,1-3H3. The summed E-state index contributed by atoms with van der Waals surface area (Å²) in [6.45, 7) is 7.46. The van der Waals surface area contributed by atoms with Crippen molar-refractivity contribution in [1.82, 2.24) is 9.55 Å². The minimum atomic E-state index is 0.451. The maximum absolute atomic E-state index is 6.27. The molecule has 2 rings (SSSR count). The molecule has 1 saturated carbocycles. The summed E-state index contributed by atoms with van der Waals surface area (Å²) in [6, 6.07) is 0. The van der Waals surface area contributed by atoms with Crippen molar-refractivity contribution in [2.45, 2.75) is 71.8 Å². The summed E-state index contributed by atoms with van der Waals surface area (Å²) in [5, 5.41) is 0. The lowest BCUT2D eigenvalue weighted by Crippen LogP contribution is -2.11. The van der Waals surface area contributed by atoms with E-state index in [1.54, 1.807) is 0 Å². The van der Waals surface area contributed by atoms with Crippen molar-refractivity contribution in [3.8, 4) is 0 Å². The van der Waals surface area contributed by atoms with E-state index in [0.29, 0.717) is 5.92 Å². The zero-order valence-electron chi connectivity index (χ0n) is 12.1. The maximum Gasteiger partial charge on any atom is 0.126 e. The second kappa shape index (κ2) is 5.77. The first-order valence-electron chi connectivity index (χ1n) is 7.48. The van der Waals surface area contributed by atoms with Gasteiger partial charge in [0.1, 0.15) is 11.6 Å². The average Bonchev–Trinajstić information content (AvgIpc) is 2.68. The first-order chi connectivity index (χ1) is 8.63. The van der Waals surface area contributed by atoms with Gasteiger partial charge in [0, 0.05) is 12.5 Å². The van der Waals surface area contributed by atoms with E-state index in [0.717, 1.165) is 36.2 Å². The number of hydrogen-bond acceptors (Lipinski definition) is 2. The topological polar surface area (TPSA) is 43.8 Å². The molecule has 1 fully saturated rings. The lowest BCUT2D eigenvalue weighted by molar-refractivity contribution is 0.355. The van der Waals surface area contributed by atoms with Crippen LogP contribution in [0.4, 0.5) is 5.82 Å². The van der Waals surface area contributed by atoms with Gasteiger partial charge in [0.2, 0.25) is 0 Å². The van der Waals surface area contributed by atoms with Gasteiger partial charge < -0.3 is 10.3 Å². The smallest absolute Gasteiger partial charge is 0.126 e. The molecule has 0 unspecified atom stereocenters. The number of nitrogens with two attached hydrogens (primary N) is 1. The Balaban J connectivity index is 2.17. The van der Waals surface area contributed by atoms with Gasteiger partial charge in [-0.3, -0.25) is 0 Å². The van der Waals surface area contributed by atoms with Crippen LogP contribution in [0.15, 0.2) is 0 Å². The highest BCUT2D eigenvalue weighted by molar-refractivity contribution is 5.39. The van der Waals surface area contributed by atoms with E-state index in [4.69, 9.17) is 10.7 Å². The summed E-state index contributed by atoms with van der Waals surface area (Å²) < 4.78 is 2.18. The molecule has 1 aliphatic rings. The van der Waals surface area contributed by atoms with E-state index < -0.39 is 0 Å². The minimum Gasteiger partial charge on any atom is -0.384 e. The lowest BCUT2D eigenvalue weighted by atomic mass is 9.86. The van der Waals surface area contributed by atoms with Crippen LogP contribution in [0.25, 0.3) is 0 Å². The zero-order chi connectivity index (χ0) is 13.1. The monoisotopic (exact) mass is 249 g/mol. The van der Waals surface area contributed by atoms with Gasteiger partial charge in [0.25, 0.3) is 0 Å². The molecule has 0 amide bonds. The summed E-state index contributed by atoms with van der Waals surface area (Å²) in [7, 11) is 0. The van der Waals surface area contributed by atoms with Gasteiger partial charge in [0.05, 0.1) is 5.69 Å². The van der Waals surface area contributed by atoms with Crippen LogP contribution >= 0.6 is 0 Å². The SMILES string of the molecule is CCn1c(C(C)C)nc(CC2CCCCC2)c1N.